The molecule has 0 radical (unpaired) electrons. The Kier molecular flexibility index (Phi) is 4.51. The summed E-state index contributed by atoms with van der Waals surface area (Å²) in [6.07, 6.45) is 1.18. The predicted octanol–water partition coefficient (Wildman–Crippen LogP) is -1.72. The lowest BCUT2D eigenvalue weighted by molar-refractivity contribution is -0.127. The van der Waals surface area contributed by atoms with Crippen LogP contribution in [0.3, 0.4) is 0 Å². The van der Waals surface area contributed by atoms with E-state index in [0.717, 1.165) is 19.6 Å². The number of nitrogens with two attached hydrogens (primary N) is 1. The third-order valence-corrected chi connectivity index (χ3v) is 2.43. The van der Waals surface area contributed by atoms with Gasteiger partial charge in [-0.3, -0.25) is 9.59 Å². The van der Waals surface area contributed by atoms with Crippen molar-refractivity contribution in [3.05, 3.63) is 0 Å². The van der Waals surface area contributed by atoms with Crippen molar-refractivity contribution in [3.63, 3.8) is 0 Å². The highest BCUT2D eigenvalue weighted by Gasteiger charge is 2.16. The van der Waals surface area contributed by atoms with Crippen molar-refractivity contribution in [3.8, 4) is 0 Å². The number of carbonyl (C=O) groups is 2. The summed E-state index contributed by atoms with van der Waals surface area (Å²) >= 11 is 0. The van der Waals surface area contributed by atoms with E-state index in [9.17, 15) is 9.59 Å². The molecule has 1 aliphatic heterocycles. The third-order valence-electron chi connectivity index (χ3n) is 2.43. The number of primary amides is 1. The lowest BCUT2D eigenvalue weighted by Gasteiger charge is -2.12. The highest BCUT2D eigenvalue weighted by molar-refractivity contribution is 5.86. The van der Waals surface area contributed by atoms with Crippen molar-refractivity contribution in [1.29, 1.82) is 0 Å². The molecule has 1 aliphatic rings. The maximum atomic E-state index is 11.3. The molecule has 1 saturated heterocycles. The van der Waals surface area contributed by atoms with Crippen LogP contribution >= 0.6 is 0 Å². The van der Waals surface area contributed by atoms with Crippen LogP contribution in [0.15, 0.2) is 0 Å². The first-order chi connectivity index (χ1) is 7.09. The van der Waals surface area contributed by atoms with Gasteiger partial charge in [-0.2, -0.15) is 0 Å². The summed E-state index contributed by atoms with van der Waals surface area (Å²) < 4.78 is 0. The van der Waals surface area contributed by atoms with E-state index in [0.29, 0.717) is 12.5 Å². The quantitative estimate of drug-likeness (QED) is 0.437. The Morgan fingerprint density at radius 3 is 2.87 bits per heavy atom. The fourth-order valence-electron chi connectivity index (χ4n) is 1.43. The van der Waals surface area contributed by atoms with Crippen LogP contribution in [-0.2, 0) is 9.59 Å². The largest absolute Gasteiger partial charge is 0.368 e. The zero-order chi connectivity index (χ0) is 11.3. The molecular formula is C9H18N4O2. The minimum absolute atomic E-state index is 0.130. The van der Waals surface area contributed by atoms with Crippen LogP contribution in [-0.4, -0.2) is 37.1 Å². The van der Waals surface area contributed by atoms with E-state index in [1.165, 1.54) is 0 Å². The topological polar surface area (TPSA) is 96.2 Å². The van der Waals surface area contributed by atoms with Crippen LogP contribution in [0.1, 0.15) is 19.8 Å². The number of amides is 2. The molecule has 1 unspecified atom stereocenters. The zero-order valence-corrected chi connectivity index (χ0v) is 8.88. The number of rotatable bonds is 5. The van der Waals surface area contributed by atoms with Crippen LogP contribution in [0.5, 0.6) is 0 Å². The van der Waals surface area contributed by atoms with Crippen LogP contribution in [0, 0.1) is 0 Å². The molecule has 1 rings (SSSR count). The molecule has 0 aliphatic carbocycles. The molecule has 15 heavy (non-hydrogen) atoms. The van der Waals surface area contributed by atoms with E-state index >= 15 is 0 Å². The van der Waals surface area contributed by atoms with E-state index in [-0.39, 0.29) is 5.91 Å². The van der Waals surface area contributed by atoms with Gasteiger partial charge in [0.25, 0.3) is 0 Å². The molecule has 2 amide bonds. The maximum Gasteiger partial charge on any atom is 0.239 e. The number of nitrogens with one attached hydrogen (secondary N) is 3. The van der Waals surface area contributed by atoms with Gasteiger partial charge in [-0.15, -0.1) is 0 Å². The van der Waals surface area contributed by atoms with Gasteiger partial charge in [0.05, 0.1) is 0 Å². The minimum Gasteiger partial charge on any atom is -0.368 e. The summed E-state index contributed by atoms with van der Waals surface area (Å²) in [5.41, 5.74) is 5.03. The van der Waals surface area contributed by atoms with E-state index in [1.54, 1.807) is 6.92 Å². The molecular weight excluding hydrogens is 196 g/mol. The fraction of sp³-hybridized carbons (Fsp3) is 0.778. The van der Waals surface area contributed by atoms with Gasteiger partial charge < -0.3 is 21.7 Å². The summed E-state index contributed by atoms with van der Waals surface area (Å²) in [7, 11) is 0. The maximum absolute atomic E-state index is 11.3. The van der Waals surface area contributed by atoms with Gasteiger partial charge in [0, 0.05) is 25.7 Å². The molecule has 0 spiro atoms. The molecule has 5 N–H and O–H groups in total. The van der Waals surface area contributed by atoms with E-state index in [1.807, 2.05) is 0 Å². The molecule has 0 saturated carbocycles. The summed E-state index contributed by atoms with van der Waals surface area (Å²) in [5.74, 6) is -0.640. The summed E-state index contributed by atoms with van der Waals surface area (Å²) in [5, 5.41) is 8.89. The van der Waals surface area contributed by atoms with Crippen LogP contribution in [0.4, 0.5) is 0 Å². The highest BCUT2D eigenvalue weighted by atomic mass is 16.2. The van der Waals surface area contributed by atoms with Gasteiger partial charge in [0.15, 0.2) is 0 Å². The lowest BCUT2D eigenvalue weighted by Crippen LogP contribution is -2.42. The van der Waals surface area contributed by atoms with Crippen LogP contribution in [0.2, 0.25) is 0 Å². The Morgan fingerprint density at radius 1 is 1.60 bits per heavy atom. The fourth-order valence-corrected chi connectivity index (χ4v) is 1.43. The lowest BCUT2D eigenvalue weighted by atomic mass is 10.1. The highest BCUT2D eigenvalue weighted by Crippen LogP contribution is 1.99. The molecule has 6 heteroatoms. The Hall–Kier alpha value is -1.14. The molecule has 0 aromatic rings. The van der Waals surface area contributed by atoms with Gasteiger partial charge in [0.2, 0.25) is 11.8 Å². The molecule has 0 aromatic carbocycles. The van der Waals surface area contributed by atoms with Crippen molar-refractivity contribution in [1.82, 2.24) is 16.0 Å². The smallest absolute Gasteiger partial charge is 0.239 e. The Bertz CT molecular complexity index is 238. The molecule has 6 nitrogen and oxygen atoms in total. The predicted molar refractivity (Wildman–Crippen MR) is 55.8 cm³/mol. The average Bonchev–Trinajstić information content (AvgIpc) is 2.66. The van der Waals surface area contributed by atoms with E-state index in [2.05, 4.69) is 16.0 Å². The molecule has 86 valence electrons. The Morgan fingerprint density at radius 2 is 2.33 bits per heavy atom. The third kappa shape index (κ3) is 4.26. The second-order valence-electron chi connectivity index (χ2n) is 3.76. The van der Waals surface area contributed by atoms with Gasteiger partial charge >= 0.3 is 0 Å². The summed E-state index contributed by atoms with van der Waals surface area (Å²) in [4.78, 5) is 22.0. The molecule has 2 atom stereocenters. The van der Waals surface area contributed by atoms with Crippen molar-refractivity contribution >= 4 is 11.8 Å². The van der Waals surface area contributed by atoms with Gasteiger partial charge in [-0.25, -0.2) is 0 Å². The van der Waals surface area contributed by atoms with Crippen molar-refractivity contribution < 1.29 is 9.59 Å². The van der Waals surface area contributed by atoms with Crippen molar-refractivity contribution in [2.75, 3.05) is 13.2 Å². The summed E-state index contributed by atoms with van der Waals surface area (Å²) in [6, 6.07) is -0.244. The van der Waals surface area contributed by atoms with Gasteiger partial charge in [-0.05, 0) is 13.3 Å². The summed E-state index contributed by atoms with van der Waals surface area (Å²) in [6.45, 7) is 3.26. The Balaban J connectivity index is 2.15. The Labute approximate surface area is 89.0 Å². The molecule has 0 bridgehead atoms. The van der Waals surface area contributed by atoms with Gasteiger partial charge in [-0.1, -0.05) is 0 Å². The number of hydrogen-bond acceptors (Lipinski definition) is 4. The first-order valence-electron chi connectivity index (χ1n) is 5.12. The number of carbonyl (C=O) groups excluding carboxylic acids is 2. The number of hydrogen-bond donors (Lipinski definition) is 4. The molecule has 1 fully saturated rings. The SMILES string of the molecule is C[C@H](NC(=O)CCC1CNCN1)C(N)=O. The van der Waals surface area contributed by atoms with Crippen molar-refractivity contribution in [2.24, 2.45) is 5.73 Å². The second kappa shape index (κ2) is 5.67. The van der Waals surface area contributed by atoms with Gasteiger partial charge in [0.1, 0.15) is 6.04 Å². The van der Waals surface area contributed by atoms with E-state index in [4.69, 9.17) is 5.73 Å². The molecule has 0 aromatic heterocycles. The average molecular weight is 214 g/mol. The second-order valence-corrected chi connectivity index (χ2v) is 3.76. The first kappa shape index (κ1) is 11.9. The minimum atomic E-state index is -0.591. The molecule has 1 heterocycles. The monoisotopic (exact) mass is 214 g/mol. The normalized spacial score (nSPS) is 22.3. The van der Waals surface area contributed by atoms with Crippen molar-refractivity contribution in [2.45, 2.75) is 31.8 Å². The first-order valence-corrected chi connectivity index (χ1v) is 5.12. The van der Waals surface area contributed by atoms with Crippen LogP contribution in [0.25, 0.3) is 0 Å². The van der Waals surface area contributed by atoms with E-state index < -0.39 is 11.9 Å². The van der Waals surface area contributed by atoms with Crippen LogP contribution < -0.4 is 21.7 Å². The zero-order valence-electron chi connectivity index (χ0n) is 8.88. The standard InChI is InChI=1S/C9H18N4O2/c1-6(9(10)15)13-8(14)3-2-7-4-11-5-12-7/h6-7,11-12H,2-5H2,1H3,(H2,10,15)(H,13,14)/t6-,7?/m0/s1.